The topological polar surface area (TPSA) is 0 Å². The highest BCUT2D eigenvalue weighted by atomic mass is 14.6. The van der Waals surface area contributed by atoms with Gasteiger partial charge in [-0.25, -0.2) is 0 Å². The van der Waals surface area contributed by atoms with E-state index in [2.05, 4.69) is 13.8 Å². The van der Waals surface area contributed by atoms with E-state index < -0.39 is 0 Å². The van der Waals surface area contributed by atoms with E-state index >= 15 is 0 Å². The lowest BCUT2D eigenvalue weighted by atomic mass is 10.0. The Bertz CT molecular complexity index is 94.6. The van der Waals surface area contributed by atoms with Crippen LogP contribution in [0.25, 0.3) is 0 Å². The maximum absolute atomic E-state index is 2.40. The van der Waals surface area contributed by atoms with Gasteiger partial charge in [-0.15, -0.1) is 0 Å². The molecule has 0 aromatic heterocycles. The van der Waals surface area contributed by atoms with Crippen molar-refractivity contribution in [1.29, 1.82) is 0 Å². The first-order valence-corrected chi connectivity index (χ1v) is 3.79. The first kappa shape index (κ1) is 4.84. The van der Waals surface area contributed by atoms with E-state index in [9.17, 15) is 0 Å². The molecule has 0 aliphatic heterocycles. The Morgan fingerprint density at radius 3 is 1.88 bits per heavy atom. The highest BCUT2D eigenvalue weighted by molar-refractivity contribution is 5.00. The summed E-state index contributed by atoms with van der Waals surface area (Å²) in [5.74, 6) is 4.47. The molecule has 0 bridgehead atoms. The van der Waals surface area contributed by atoms with Crippen LogP contribution in [0.2, 0.25) is 0 Å². The summed E-state index contributed by atoms with van der Waals surface area (Å²) in [5, 5.41) is 0. The van der Waals surface area contributed by atoms with Crippen LogP contribution in [0.4, 0.5) is 0 Å². The number of rotatable bonds is 0. The molecule has 3 unspecified atom stereocenters. The van der Waals surface area contributed by atoms with Crippen molar-refractivity contribution in [2.24, 2.45) is 23.7 Å². The largest absolute Gasteiger partial charge is 0.0625 e. The van der Waals surface area contributed by atoms with Gasteiger partial charge in [0.05, 0.1) is 0 Å². The smallest absolute Gasteiger partial charge is 0.0352 e. The third-order valence-electron chi connectivity index (χ3n) is 3.11. The molecule has 0 aromatic carbocycles. The standard InChI is InChI=1S/C8H14/c1-5-3-7-6(2)8(7)4-5/h5-8H,3-4H2,1-2H3/t5?,6?,7-,8?/m1/s1. The van der Waals surface area contributed by atoms with Crippen LogP contribution in [0.5, 0.6) is 0 Å². The van der Waals surface area contributed by atoms with E-state index in [0.29, 0.717) is 0 Å². The molecule has 8 heavy (non-hydrogen) atoms. The summed E-state index contributed by atoms with van der Waals surface area (Å²) in [6.45, 7) is 4.79. The van der Waals surface area contributed by atoms with Crippen molar-refractivity contribution < 1.29 is 0 Å². The molecule has 0 heteroatoms. The minimum Gasteiger partial charge on any atom is -0.0625 e. The Morgan fingerprint density at radius 1 is 1.00 bits per heavy atom. The van der Waals surface area contributed by atoms with Gasteiger partial charge in [0.1, 0.15) is 0 Å². The number of fused-ring (bicyclic) bond motifs is 1. The highest BCUT2D eigenvalue weighted by Gasteiger charge is 2.51. The van der Waals surface area contributed by atoms with Crippen molar-refractivity contribution in [3.8, 4) is 0 Å². The van der Waals surface area contributed by atoms with Crippen molar-refractivity contribution >= 4 is 0 Å². The minimum atomic E-state index is 1.06. The second-order valence-electron chi connectivity index (χ2n) is 3.76. The van der Waals surface area contributed by atoms with Gasteiger partial charge in [0.25, 0.3) is 0 Å². The van der Waals surface area contributed by atoms with Crippen LogP contribution in [0.1, 0.15) is 26.7 Å². The van der Waals surface area contributed by atoms with Crippen LogP contribution in [0, 0.1) is 23.7 Å². The van der Waals surface area contributed by atoms with Crippen LogP contribution >= 0.6 is 0 Å². The molecule has 0 N–H and O–H groups in total. The normalized spacial score (nSPS) is 60.8. The Morgan fingerprint density at radius 2 is 1.50 bits per heavy atom. The zero-order chi connectivity index (χ0) is 5.72. The quantitative estimate of drug-likeness (QED) is 0.449. The molecule has 0 saturated heterocycles. The van der Waals surface area contributed by atoms with Gasteiger partial charge in [0.2, 0.25) is 0 Å². The Kier molecular flexibility index (Phi) is 0.778. The maximum atomic E-state index is 2.40. The van der Waals surface area contributed by atoms with Crippen molar-refractivity contribution in [1.82, 2.24) is 0 Å². The molecule has 0 nitrogen and oxygen atoms in total. The highest BCUT2D eigenvalue weighted by Crippen LogP contribution is 2.58. The molecule has 0 aromatic rings. The molecule has 2 fully saturated rings. The van der Waals surface area contributed by atoms with Gasteiger partial charge >= 0.3 is 0 Å². The SMILES string of the molecule is CC1CC2C(C)[C@H]2C1. The molecule has 2 saturated carbocycles. The summed E-state index contributed by atoms with van der Waals surface area (Å²) in [4.78, 5) is 0. The van der Waals surface area contributed by atoms with Crippen molar-refractivity contribution in [2.75, 3.05) is 0 Å². The first-order chi connectivity index (χ1) is 3.79. The first-order valence-electron chi connectivity index (χ1n) is 3.79. The predicted molar refractivity (Wildman–Crippen MR) is 34.5 cm³/mol. The molecule has 2 rings (SSSR count). The number of hydrogen-bond acceptors (Lipinski definition) is 0. The lowest BCUT2D eigenvalue weighted by Gasteiger charge is -2.02. The van der Waals surface area contributed by atoms with Gasteiger partial charge in [-0.2, -0.15) is 0 Å². The van der Waals surface area contributed by atoms with Gasteiger partial charge in [-0.3, -0.25) is 0 Å². The van der Waals surface area contributed by atoms with E-state index in [1.165, 1.54) is 12.8 Å². The molecular formula is C8H14. The second kappa shape index (κ2) is 1.29. The molecule has 46 valence electrons. The van der Waals surface area contributed by atoms with Crippen molar-refractivity contribution in [2.45, 2.75) is 26.7 Å². The zero-order valence-corrected chi connectivity index (χ0v) is 5.72. The van der Waals surface area contributed by atoms with Crippen LogP contribution in [-0.2, 0) is 0 Å². The van der Waals surface area contributed by atoms with E-state index in [-0.39, 0.29) is 0 Å². The Labute approximate surface area is 51.3 Å². The molecule has 2 aliphatic rings. The van der Waals surface area contributed by atoms with Crippen LogP contribution in [-0.4, -0.2) is 0 Å². The van der Waals surface area contributed by atoms with Gasteiger partial charge < -0.3 is 0 Å². The van der Waals surface area contributed by atoms with E-state index in [1.807, 2.05) is 0 Å². The fourth-order valence-electron chi connectivity index (χ4n) is 2.44. The summed E-state index contributed by atoms with van der Waals surface area (Å²) >= 11 is 0. The third kappa shape index (κ3) is 0.463. The minimum absolute atomic E-state index is 1.06. The van der Waals surface area contributed by atoms with E-state index in [1.54, 1.807) is 0 Å². The maximum Gasteiger partial charge on any atom is -0.0352 e. The summed E-state index contributed by atoms with van der Waals surface area (Å²) < 4.78 is 0. The van der Waals surface area contributed by atoms with Crippen LogP contribution in [0.15, 0.2) is 0 Å². The average Bonchev–Trinajstić information content (AvgIpc) is 2.29. The fourth-order valence-corrected chi connectivity index (χ4v) is 2.44. The molecule has 0 heterocycles. The van der Waals surface area contributed by atoms with E-state index in [0.717, 1.165) is 23.7 Å². The fraction of sp³-hybridized carbons (Fsp3) is 1.00. The molecule has 2 aliphatic carbocycles. The van der Waals surface area contributed by atoms with Crippen molar-refractivity contribution in [3.05, 3.63) is 0 Å². The van der Waals surface area contributed by atoms with Gasteiger partial charge in [-0.1, -0.05) is 13.8 Å². The monoisotopic (exact) mass is 110 g/mol. The molecule has 4 atom stereocenters. The van der Waals surface area contributed by atoms with Crippen LogP contribution in [0.3, 0.4) is 0 Å². The predicted octanol–water partition coefficient (Wildman–Crippen LogP) is 2.30. The summed E-state index contributed by atoms with van der Waals surface area (Å²) in [6.07, 6.45) is 3.07. The van der Waals surface area contributed by atoms with Gasteiger partial charge in [-0.05, 0) is 36.5 Å². The third-order valence-corrected chi connectivity index (χ3v) is 3.11. The Balaban J connectivity index is 2.00. The van der Waals surface area contributed by atoms with Crippen LogP contribution < -0.4 is 0 Å². The average molecular weight is 110 g/mol. The number of hydrogen-bond donors (Lipinski definition) is 0. The molecular weight excluding hydrogens is 96.1 g/mol. The van der Waals surface area contributed by atoms with Crippen molar-refractivity contribution in [3.63, 3.8) is 0 Å². The van der Waals surface area contributed by atoms with Gasteiger partial charge in [0.15, 0.2) is 0 Å². The molecule has 0 radical (unpaired) electrons. The summed E-state index contributed by atoms with van der Waals surface area (Å²) in [7, 11) is 0. The second-order valence-corrected chi connectivity index (χ2v) is 3.76. The molecule has 0 amide bonds. The van der Waals surface area contributed by atoms with E-state index in [4.69, 9.17) is 0 Å². The van der Waals surface area contributed by atoms with Gasteiger partial charge in [0, 0.05) is 0 Å². The lowest BCUT2D eigenvalue weighted by Crippen LogP contribution is -1.91. The molecule has 0 spiro atoms. The zero-order valence-electron chi connectivity index (χ0n) is 5.72. The Hall–Kier alpha value is 0. The lowest BCUT2D eigenvalue weighted by molar-refractivity contribution is 0.487. The summed E-state index contributed by atoms with van der Waals surface area (Å²) in [6, 6.07) is 0. The summed E-state index contributed by atoms with van der Waals surface area (Å²) in [5.41, 5.74) is 0.